The first-order chi connectivity index (χ1) is 13.4. The first kappa shape index (κ1) is 17.6. The van der Waals surface area contributed by atoms with Gasteiger partial charge in [-0.25, -0.2) is 4.39 Å². The minimum atomic E-state index is -0.338. The van der Waals surface area contributed by atoms with Crippen molar-refractivity contribution in [1.82, 2.24) is 0 Å². The molecule has 5 rings (SSSR count). The molecule has 1 N–H and O–H groups in total. The van der Waals surface area contributed by atoms with Crippen LogP contribution in [0, 0.1) is 38.4 Å². The molecule has 3 aliphatic rings. The zero-order valence-electron chi connectivity index (χ0n) is 16.2. The third-order valence-corrected chi connectivity index (χ3v) is 6.68. The fourth-order valence-corrected chi connectivity index (χ4v) is 5.74. The highest BCUT2D eigenvalue weighted by atomic mass is 19.1. The van der Waals surface area contributed by atoms with Gasteiger partial charge in [-0.05, 0) is 61.6 Å². The first-order valence-corrected chi connectivity index (χ1v) is 9.83. The lowest BCUT2D eigenvalue weighted by Gasteiger charge is -2.27. The van der Waals surface area contributed by atoms with Gasteiger partial charge in [0, 0.05) is 5.92 Å². The third kappa shape index (κ3) is 2.34. The second kappa shape index (κ2) is 6.02. The van der Waals surface area contributed by atoms with Gasteiger partial charge in [0.15, 0.2) is 5.78 Å². The van der Waals surface area contributed by atoms with Crippen LogP contribution in [0.25, 0.3) is 5.57 Å². The summed E-state index contributed by atoms with van der Waals surface area (Å²) in [5, 5.41) is 11.1. The molecule has 2 aromatic rings. The van der Waals surface area contributed by atoms with E-state index in [4.69, 9.17) is 4.74 Å². The summed E-state index contributed by atoms with van der Waals surface area (Å²) in [6.07, 6.45) is 0.179. The number of aliphatic hydroxyl groups excluding tert-OH is 1. The molecule has 4 heteroatoms. The van der Waals surface area contributed by atoms with Crippen LogP contribution >= 0.6 is 0 Å². The number of Topliss-reactive ketones (excluding diaryl/α,β-unsaturated/α-hetero) is 1. The number of hydrogen-bond donors (Lipinski definition) is 1. The molecule has 144 valence electrons. The molecule has 0 spiro atoms. The highest BCUT2D eigenvalue weighted by molar-refractivity contribution is 6.26. The summed E-state index contributed by atoms with van der Waals surface area (Å²) in [6, 6.07) is 10.7. The highest BCUT2D eigenvalue weighted by Gasteiger charge is 2.62. The molecule has 2 aromatic carbocycles. The lowest BCUT2D eigenvalue weighted by molar-refractivity contribution is -0.118. The van der Waals surface area contributed by atoms with Crippen LogP contribution < -0.4 is 0 Å². The van der Waals surface area contributed by atoms with Crippen molar-refractivity contribution in [1.29, 1.82) is 0 Å². The summed E-state index contributed by atoms with van der Waals surface area (Å²) < 4.78 is 19.8. The Bertz CT molecular complexity index is 1010. The second-order valence-corrected chi connectivity index (χ2v) is 8.49. The van der Waals surface area contributed by atoms with Gasteiger partial charge in [0.05, 0.1) is 29.6 Å². The summed E-state index contributed by atoms with van der Waals surface area (Å²) >= 11 is 0. The molecule has 1 aliphatic carbocycles. The van der Waals surface area contributed by atoms with Crippen LogP contribution in [0.5, 0.6) is 0 Å². The Morgan fingerprint density at radius 2 is 1.79 bits per heavy atom. The van der Waals surface area contributed by atoms with Crippen LogP contribution in [0.4, 0.5) is 4.39 Å². The largest absolute Gasteiger partial charge is 0.511 e. The second-order valence-electron chi connectivity index (χ2n) is 8.49. The maximum absolute atomic E-state index is 13.7. The van der Waals surface area contributed by atoms with Crippen molar-refractivity contribution >= 4 is 11.4 Å². The molecule has 2 aliphatic heterocycles. The predicted octanol–water partition coefficient (Wildman–Crippen LogP) is 4.79. The number of halogens is 1. The maximum Gasteiger partial charge on any atom is 0.173 e. The Labute approximate surface area is 163 Å². The van der Waals surface area contributed by atoms with E-state index in [2.05, 4.69) is 0 Å². The van der Waals surface area contributed by atoms with E-state index >= 15 is 0 Å². The molecule has 0 saturated carbocycles. The number of aryl methyl sites for hydroxylation is 3. The van der Waals surface area contributed by atoms with Gasteiger partial charge in [0.1, 0.15) is 11.6 Å². The number of benzene rings is 2. The zero-order chi connectivity index (χ0) is 19.7. The van der Waals surface area contributed by atoms with Gasteiger partial charge < -0.3 is 9.84 Å². The quantitative estimate of drug-likeness (QED) is 0.817. The number of fused-ring (bicyclic) bond motifs is 5. The Hall–Kier alpha value is -2.46. The van der Waals surface area contributed by atoms with Gasteiger partial charge >= 0.3 is 0 Å². The van der Waals surface area contributed by atoms with Crippen molar-refractivity contribution in [3.05, 3.63) is 75.8 Å². The minimum Gasteiger partial charge on any atom is -0.511 e. The summed E-state index contributed by atoms with van der Waals surface area (Å²) in [7, 11) is 0. The van der Waals surface area contributed by atoms with Gasteiger partial charge in [-0.15, -0.1) is 0 Å². The molecule has 3 nitrogen and oxygen atoms in total. The minimum absolute atomic E-state index is 0.00328. The van der Waals surface area contributed by atoms with E-state index in [1.54, 1.807) is 6.07 Å². The van der Waals surface area contributed by atoms with E-state index in [-0.39, 0.29) is 47.3 Å². The van der Waals surface area contributed by atoms with Crippen LogP contribution in [-0.2, 0) is 9.53 Å². The van der Waals surface area contributed by atoms with Crippen LogP contribution in [0.1, 0.15) is 40.2 Å². The van der Waals surface area contributed by atoms with E-state index in [1.807, 2.05) is 39.0 Å². The van der Waals surface area contributed by atoms with Crippen molar-refractivity contribution in [2.24, 2.45) is 11.8 Å². The molecule has 2 saturated heterocycles. The molecule has 2 heterocycles. The smallest absolute Gasteiger partial charge is 0.173 e. The monoisotopic (exact) mass is 378 g/mol. The first-order valence-electron chi connectivity index (χ1n) is 9.83. The van der Waals surface area contributed by atoms with E-state index in [0.717, 1.165) is 27.8 Å². The number of allylic oxidation sites excluding steroid dienone is 1. The third-order valence-electron chi connectivity index (χ3n) is 6.68. The van der Waals surface area contributed by atoms with E-state index < -0.39 is 0 Å². The molecule has 2 bridgehead atoms. The standard InChI is InChI=1S/C24H23FO3/c1-11-7-12(2)18(13(3)8-11)20-22(26)19-17-10-16(14-5-4-6-15(25)9-14)24(28-17)21(19)23(20)27/h4-9,16-17,19,21,24,27H,10H2,1-3H3/t16?,17?,19-,21+,24?/m0/s1. The average molecular weight is 378 g/mol. The zero-order valence-corrected chi connectivity index (χ0v) is 16.2. The number of ketones is 1. The summed E-state index contributed by atoms with van der Waals surface area (Å²) in [5.74, 6) is -0.803. The fraction of sp³-hybridized carbons (Fsp3) is 0.375. The van der Waals surface area contributed by atoms with Crippen LogP contribution in [0.15, 0.2) is 42.2 Å². The molecule has 28 heavy (non-hydrogen) atoms. The number of ether oxygens (including phenoxy) is 1. The summed E-state index contributed by atoms with van der Waals surface area (Å²) in [6.45, 7) is 6.00. The lowest BCUT2D eigenvalue weighted by atomic mass is 9.72. The van der Waals surface area contributed by atoms with Gasteiger partial charge in [-0.1, -0.05) is 29.8 Å². The number of aliphatic hydroxyl groups is 1. The Morgan fingerprint density at radius 3 is 2.46 bits per heavy atom. The van der Waals surface area contributed by atoms with Crippen molar-refractivity contribution in [2.45, 2.75) is 45.3 Å². The van der Waals surface area contributed by atoms with Crippen molar-refractivity contribution in [3.63, 3.8) is 0 Å². The summed E-state index contributed by atoms with van der Waals surface area (Å²) in [5.41, 5.74) is 5.33. The fourth-order valence-electron chi connectivity index (χ4n) is 5.74. The van der Waals surface area contributed by atoms with Crippen molar-refractivity contribution in [2.75, 3.05) is 0 Å². The normalized spacial score (nSPS) is 31.0. The SMILES string of the molecule is Cc1cc(C)c(C2=C(O)[C@@H]3C4OC(CC4c4cccc(F)c4)[C@@H]3C2=O)c(C)c1. The summed E-state index contributed by atoms with van der Waals surface area (Å²) in [4.78, 5) is 13.3. The van der Waals surface area contributed by atoms with Crippen LogP contribution in [0.3, 0.4) is 0 Å². The molecular weight excluding hydrogens is 355 g/mol. The topological polar surface area (TPSA) is 46.5 Å². The number of hydrogen-bond acceptors (Lipinski definition) is 3. The maximum atomic E-state index is 13.7. The van der Waals surface area contributed by atoms with E-state index in [1.165, 1.54) is 12.1 Å². The lowest BCUT2D eigenvalue weighted by Crippen LogP contribution is -2.33. The molecule has 3 unspecified atom stereocenters. The van der Waals surface area contributed by atoms with Crippen LogP contribution in [-0.4, -0.2) is 23.1 Å². The van der Waals surface area contributed by atoms with Crippen molar-refractivity contribution in [3.8, 4) is 0 Å². The Balaban J connectivity index is 1.58. The van der Waals surface area contributed by atoms with E-state index in [9.17, 15) is 14.3 Å². The number of carbonyl (C=O) groups is 1. The van der Waals surface area contributed by atoms with E-state index in [0.29, 0.717) is 12.0 Å². The van der Waals surface area contributed by atoms with Crippen molar-refractivity contribution < 1.29 is 19.0 Å². The molecule has 5 atom stereocenters. The molecule has 0 radical (unpaired) electrons. The molecule has 0 aromatic heterocycles. The van der Waals surface area contributed by atoms with Gasteiger partial charge in [0.2, 0.25) is 0 Å². The highest BCUT2D eigenvalue weighted by Crippen LogP contribution is 2.58. The van der Waals surface area contributed by atoms with Gasteiger partial charge in [0.25, 0.3) is 0 Å². The van der Waals surface area contributed by atoms with Crippen LogP contribution in [0.2, 0.25) is 0 Å². The average Bonchev–Trinajstić information content (AvgIpc) is 3.28. The number of rotatable bonds is 2. The molecule has 2 fully saturated rings. The molecule has 0 amide bonds. The predicted molar refractivity (Wildman–Crippen MR) is 105 cm³/mol. The number of carbonyl (C=O) groups excluding carboxylic acids is 1. The Kier molecular flexibility index (Phi) is 3.79. The van der Waals surface area contributed by atoms with Gasteiger partial charge in [-0.3, -0.25) is 4.79 Å². The Morgan fingerprint density at radius 1 is 1.07 bits per heavy atom. The molecular formula is C24H23FO3. The van der Waals surface area contributed by atoms with Gasteiger partial charge in [-0.2, -0.15) is 0 Å².